The molecular formula is C13H14FN3O2. The average Bonchev–Trinajstić information content (AvgIpc) is 2.44. The summed E-state index contributed by atoms with van der Waals surface area (Å²) in [7, 11) is 1.66. The predicted octanol–water partition coefficient (Wildman–Crippen LogP) is 0.909. The van der Waals surface area contributed by atoms with Crippen LogP contribution in [0.3, 0.4) is 0 Å². The molecule has 100 valence electrons. The molecule has 1 aromatic heterocycles. The van der Waals surface area contributed by atoms with E-state index in [2.05, 4.69) is 4.98 Å². The first kappa shape index (κ1) is 12.1. The van der Waals surface area contributed by atoms with Crippen LogP contribution in [0.5, 0.6) is 0 Å². The number of hydrogen-bond donors (Lipinski definition) is 0. The summed E-state index contributed by atoms with van der Waals surface area (Å²) < 4.78 is 20.0. The Hall–Kier alpha value is -1.95. The highest BCUT2D eigenvalue weighted by Crippen LogP contribution is 2.16. The van der Waals surface area contributed by atoms with Gasteiger partial charge in [-0.1, -0.05) is 0 Å². The van der Waals surface area contributed by atoms with Crippen LogP contribution in [0.15, 0.2) is 23.0 Å². The van der Waals surface area contributed by atoms with Crippen molar-refractivity contribution in [2.24, 2.45) is 7.05 Å². The van der Waals surface area contributed by atoms with Gasteiger partial charge in [-0.3, -0.25) is 9.36 Å². The number of hydrogen-bond acceptors (Lipinski definition) is 4. The summed E-state index contributed by atoms with van der Waals surface area (Å²) in [6, 6.07) is 4.08. The smallest absolute Gasteiger partial charge is 0.262 e. The van der Waals surface area contributed by atoms with Gasteiger partial charge in [-0.15, -0.1) is 0 Å². The zero-order valence-corrected chi connectivity index (χ0v) is 10.6. The summed E-state index contributed by atoms with van der Waals surface area (Å²) in [5.41, 5.74) is 0.289. The van der Waals surface area contributed by atoms with Crippen LogP contribution in [-0.2, 0) is 11.8 Å². The second-order valence-corrected chi connectivity index (χ2v) is 4.54. The lowest BCUT2D eigenvalue weighted by molar-refractivity contribution is 0.121. The zero-order valence-electron chi connectivity index (χ0n) is 10.6. The van der Waals surface area contributed by atoms with Gasteiger partial charge in [0, 0.05) is 20.1 Å². The lowest BCUT2D eigenvalue weighted by Gasteiger charge is -2.29. The number of morpholine rings is 1. The highest BCUT2D eigenvalue weighted by Gasteiger charge is 2.17. The predicted molar refractivity (Wildman–Crippen MR) is 70.0 cm³/mol. The molecule has 0 N–H and O–H groups in total. The molecule has 2 aromatic rings. The van der Waals surface area contributed by atoms with E-state index >= 15 is 0 Å². The van der Waals surface area contributed by atoms with Crippen molar-refractivity contribution in [1.29, 1.82) is 0 Å². The third-order valence-electron chi connectivity index (χ3n) is 3.31. The van der Waals surface area contributed by atoms with Crippen LogP contribution >= 0.6 is 0 Å². The van der Waals surface area contributed by atoms with Crippen LogP contribution in [0.2, 0.25) is 0 Å². The normalized spacial score (nSPS) is 16.0. The molecule has 1 aromatic carbocycles. The summed E-state index contributed by atoms with van der Waals surface area (Å²) in [5, 5.41) is 0.305. The largest absolute Gasteiger partial charge is 0.378 e. The van der Waals surface area contributed by atoms with E-state index in [0.29, 0.717) is 43.2 Å². The van der Waals surface area contributed by atoms with E-state index in [-0.39, 0.29) is 5.56 Å². The standard InChI is InChI=1S/C13H14FN3O2/c1-16-12(18)10-8-9(14)2-3-11(10)15-13(16)17-4-6-19-7-5-17/h2-3,8H,4-7H2,1H3. The van der Waals surface area contributed by atoms with Crippen LogP contribution in [-0.4, -0.2) is 35.9 Å². The van der Waals surface area contributed by atoms with E-state index in [4.69, 9.17) is 4.74 Å². The molecule has 1 aliphatic heterocycles. The van der Waals surface area contributed by atoms with Crippen molar-refractivity contribution in [3.63, 3.8) is 0 Å². The van der Waals surface area contributed by atoms with Crippen LogP contribution in [0.1, 0.15) is 0 Å². The van der Waals surface area contributed by atoms with Gasteiger partial charge >= 0.3 is 0 Å². The summed E-state index contributed by atoms with van der Waals surface area (Å²) >= 11 is 0. The van der Waals surface area contributed by atoms with Crippen LogP contribution in [0, 0.1) is 5.82 Å². The quantitative estimate of drug-likeness (QED) is 0.767. The molecule has 0 atom stereocenters. The molecule has 1 aliphatic rings. The molecule has 0 saturated carbocycles. The molecule has 3 rings (SSSR count). The van der Waals surface area contributed by atoms with Gasteiger partial charge in [-0.25, -0.2) is 9.37 Å². The molecule has 0 aliphatic carbocycles. The highest BCUT2D eigenvalue weighted by atomic mass is 19.1. The van der Waals surface area contributed by atoms with E-state index in [9.17, 15) is 9.18 Å². The topological polar surface area (TPSA) is 47.4 Å². The van der Waals surface area contributed by atoms with Crippen LogP contribution in [0.25, 0.3) is 10.9 Å². The third kappa shape index (κ3) is 2.08. The summed E-state index contributed by atoms with van der Waals surface area (Å²) in [5.74, 6) is 0.179. The molecule has 2 heterocycles. The van der Waals surface area contributed by atoms with E-state index in [1.165, 1.54) is 22.8 Å². The Balaban J connectivity index is 2.18. The number of aromatic nitrogens is 2. The molecule has 19 heavy (non-hydrogen) atoms. The van der Waals surface area contributed by atoms with Crippen LogP contribution in [0.4, 0.5) is 10.3 Å². The summed E-state index contributed by atoms with van der Waals surface area (Å²) in [6.07, 6.45) is 0. The van der Waals surface area contributed by atoms with Gasteiger partial charge in [0.1, 0.15) is 5.82 Å². The van der Waals surface area contributed by atoms with Gasteiger partial charge in [0.05, 0.1) is 24.1 Å². The average molecular weight is 263 g/mol. The Morgan fingerprint density at radius 2 is 2.05 bits per heavy atom. The number of rotatable bonds is 1. The second kappa shape index (κ2) is 4.62. The van der Waals surface area contributed by atoms with Crippen LogP contribution < -0.4 is 10.5 Å². The molecule has 0 unspecified atom stereocenters. The fraction of sp³-hybridized carbons (Fsp3) is 0.385. The molecule has 6 heteroatoms. The first-order valence-electron chi connectivity index (χ1n) is 6.16. The highest BCUT2D eigenvalue weighted by molar-refractivity contribution is 5.78. The molecule has 1 fully saturated rings. The monoisotopic (exact) mass is 263 g/mol. The summed E-state index contributed by atoms with van der Waals surface area (Å²) in [4.78, 5) is 18.7. The number of halogens is 1. The van der Waals surface area contributed by atoms with Gasteiger partial charge in [0.25, 0.3) is 5.56 Å². The molecule has 0 bridgehead atoms. The van der Waals surface area contributed by atoms with Crippen molar-refractivity contribution in [2.45, 2.75) is 0 Å². The van der Waals surface area contributed by atoms with Crippen molar-refractivity contribution in [1.82, 2.24) is 9.55 Å². The lowest BCUT2D eigenvalue weighted by atomic mass is 10.2. The van der Waals surface area contributed by atoms with E-state index in [1.54, 1.807) is 7.05 Å². The molecule has 0 amide bonds. The SMILES string of the molecule is Cn1c(N2CCOCC2)nc2ccc(F)cc2c1=O. The minimum atomic E-state index is -0.425. The van der Waals surface area contributed by atoms with Crippen molar-refractivity contribution in [3.05, 3.63) is 34.4 Å². The Bertz CT molecular complexity index is 677. The van der Waals surface area contributed by atoms with Gasteiger partial charge in [-0.05, 0) is 18.2 Å². The first-order chi connectivity index (χ1) is 9.16. The van der Waals surface area contributed by atoms with Crippen molar-refractivity contribution in [2.75, 3.05) is 31.2 Å². The number of ether oxygens (including phenoxy) is 1. The van der Waals surface area contributed by atoms with E-state index in [0.717, 1.165) is 0 Å². The maximum atomic E-state index is 13.2. The maximum absolute atomic E-state index is 13.2. The number of fused-ring (bicyclic) bond motifs is 1. The minimum Gasteiger partial charge on any atom is -0.378 e. The Morgan fingerprint density at radius 1 is 1.32 bits per heavy atom. The van der Waals surface area contributed by atoms with Gasteiger partial charge in [-0.2, -0.15) is 0 Å². The van der Waals surface area contributed by atoms with Gasteiger partial charge in [0.15, 0.2) is 0 Å². The number of benzene rings is 1. The zero-order chi connectivity index (χ0) is 13.4. The van der Waals surface area contributed by atoms with E-state index in [1.807, 2.05) is 4.90 Å². The maximum Gasteiger partial charge on any atom is 0.262 e. The Kier molecular flexibility index (Phi) is 2.94. The fourth-order valence-electron chi connectivity index (χ4n) is 2.28. The molecule has 1 saturated heterocycles. The van der Waals surface area contributed by atoms with Crippen molar-refractivity contribution >= 4 is 16.9 Å². The Labute approximate surface area is 109 Å². The molecule has 5 nitrogen and oxygen atoms in total. The lowest BCUT2D eigenvalue weighted by Crippen LogP contribution is -2.40. The second-order valence-electron chi connectivity index (χ2n) is 4.54. The Morgan fingerprint density at radius 3 is 2.79 bits per heavy atom. The van der Waals surface area contributed by atoms with Gasteiger partial charge < -0.3 is 9.64 Å². The van der Waals surface area contributed by atoms with Crippen molar-refractivity contribution < 1.29 is 9.13 Å². The third-order valence-corrected chi connectivity index (χ3v) is 3.31. The molecule has 0 radical (unpaired) electrons. The minimum absolute atomic E-state index is 0.231. The summed E-state index contributed by atoms with van der Waals surface area (Å²) in [6.45, 7) is 2.65. The fourth-order valence-corrected chi connectivity index (χ4v) is 2.28. The first-order valence-corrected chi connectivity index (χ1v) is 6.16. The van der Waals surface area contributed by atoms with Crippen molar-refractivity contribution in [3.8, 4) is 0 Å². The van der Waals surface area contributed by atoms with E-state index < -0.39 is 5.82 Å². The van der Waals surface area contributed by atoms with Gasteiger partial charge in [0.2, 0.25) is 5.95 Å². The molecular weight excluding hydrogens is 249 g/mol. The molecule has 0 spiro atoms. The number of nitrogens with zero attached hydrogens (tertiary/aromatic N) is 3. The number of anilines is 1.